The van der Waals surface area contributed by atoms with Gasteiger partial charge in [0.25, 0.3) is 0 Å². The van der Waals surface area contributed by atoms with Gasteiger partial charge in [-0.1, -0.05) is 58.0 Å². The average Bonchev–Trinajstić information content (AvgIpc) is 2.56. The summed E-state index contributed by atoms with van der Waals surface area (Å²) in [5.74, 6) is -0.208. The van der Waals surface area contributed by atoms with Crippen molar-refractivity contribution < 1.29 is 14.4 Å². The highest BCUT2D eigenvalue weighted by Crippen LogP contribution is 2.05. The molecule has 1 aromatic carbocycles. The highest BCUT2D eigenvalue weighted by atomic mass is 16.2. The number of benzene rings is 1. The van der Waals surface area contributed by atoms with Gasteiger partial charge in [-0.25, -0.2) is 0 Å². The number of nitrogens with one attached hydrogen (secondary N) is 3. The summed E-state index contributed by atoms with van der Waals surface area (Å²) in [5.41, 5.74) is 0.946. The molecular weight excluding hydrogens is 330 g/mol. The molecule has 0 aliphatic carbocycles. The van der Waals surface area contributed by atoms with Crippen LogP contribution in [-0.2, 0) is 20.8 Å². The number of hydrogen-bond donors (Lipinski definition) is 3. The van der Waals surface area contributed by atoms with E-state index in [2.05, 4.69) is 16.0 Å². The Bertz CT molecular complexity index is 585. The van der Waals surface area contributed by atoms with Gasteiger partial charge in [-0.05, 0) is 17.4 Å². The highest BCUT2D eigenvalue weighted by Gasteiger charge is 2.23. The lowest BCUT2D eigenvalue weighted by atomic mass is 10.0. The van der Waals surface area contributed by atoms with Gasteiger partial charge in [0.2, 0.25) is 17.7 Å². The van der Waals surface area contributed by atoms with Gasteiger partial charge in [0, 0.05) is 19.5 Å². The van der Waals surface area contributed by atoms with E-state index in [9.17, 15) is 14.4 Å². The zero-order chi connectivity index (χ0) is 19.5. The summed E-state index contributed by atoms with van der Waals surface area (Å²) in [7, 11) is 0. The van der Waals surface area contributed by atoms with Crippen LogP contribution < -0.4 is 16.0 Å². The van der Waals surface area contributed by atoms with Gasteiger partial charge in [0.15, 0.2) is 0 Å². The third kappa shape index (κ3) is 8.65. The quantitative estimate of drug-likeness (QED) is 0.554. The molecule has 0 fully saturated rings. The topological polar surface area (TPSA) is 87.3 Å². The Morgan fingerprint density at radius 3 is 2.08 bits per heavy atom. The molecule has 0 saturated heterocycles. The van der Waals surface area contributed by atoms with Crippen molar-refractivity contribution in [3.05, 3.63) is 35.9 Å². The van der Waals surface area contributed by atoms with Gasteiger partial charge >= 0.3 is 0 Å². The Morgan fingerprint density at radius 1 is 0.885 bits per heavy atom. The normalized spacial score (nSPS) is 11.9. The zero-order valence-corrected chi connectivity index (χ0v) is 16.2. The van der Waals surface area contributed by atoms with Crippen molar-refractivity contribution in [1.82, 2.24) is 16.0 Å². The third-order valence-corrected chi connectivity index (χ3v) is 3.81. The maximum Gasteiger partial charge on any atom is 0.242 e. The van der Waals surface area contributed by atoms with Crippen LogP contribution in [0.3, 0.4) is 0 Å². The molecular formula is C20H31N3O3. The van der Waals surface area contributed by atoms with Crippen molar-refractivity contribution in [2.24, 2.45) is 11.8 Å². The molecule has 3 amide bonds. The first-order valence-corrected chi connectivity index (χ1v) is 9.17. The van der Waals surface area contributed by atoms with Gasteiger partial charge in [0.05, 0.1) is 6.42 Å². The monoisotopic (exact) mass is 361 g/mol. The summed E-state index contributed by atoms with van der Waals surface area (Å²) in [6.45, 7) is 8.37. The fraction of sp³-hybridized carbons (Fsp3) is 0.550. The lowest BCUT2D eigenvalue weighted by Gasteiger charge is -2.22. The third-order valence-electron chi connectivity index (χ3n) is 3.81. The SMILES string of the molecule is CC(C)CC(=O)NC(C(=O)NCCNC(=O)Cc1ccccc1)C(C)C. The lowest BCUT2D eigenvalue weighted by molar-refractivity contribution is -0.130. The van der Waals surface area contributed by atoms with Crippen LogP contribution in [0.2, 0.25) is 0 Å². The van der Waals surface area contributed by atoms with E-state index in [1.807, 2.05) is 58.0 Å². The molecule has 0 heterocycles. The fourth-order valence-corrected chi connectivity index (χ4v) is 2.48. The number of carbonyl (C=O) groups is 3. The zero-order valence-electron chi connectivity index (χ0n) is 16.2. The van der Waals surface area contributed by atoms with Crippen LogP contribution in [0.1, 0.15) is 39.7 Å². The maximum absolute atomic E-state index is 12.3. The van der Waals surface area contributed by atoms with E-state index >= 15 is 0 Å². The van der Waals surface area contributed by atoms with Crippen LogP contribution in [0, 0.1) is 11.8 Å². The number of carbonyl (C=O) groups excluding carboxylic acids is 3. The molecule has 1 atom stereocenters. The minimum atomic E-state index is -0.568. The van der Waals surface area contributed by atoms with Gasteiger partial charge in [-0.2, -0.15) is 0 Å². The van der Waals surface area contributed by atoms with E-state index in [0.717, 1.165) is 5.56 Å². The van der Waals surface area contributed by atoms with E-state index in [4.69, 9.17) is 0 Å². The second-order valence-electron chi connectivity index (χ2n) is 7.19. The predicted molar refractivity (Wildman–Crippen MR) is 102 cm³/mol. The molecule has 3 N–H and O–H groups in total. The minimum absolute atomic E-state index is 0.0150. The molecule has 1 aromatic rings. The van der Waals surface area contributed by atoms with Crippen LogP contribution >= 0.6 is 0 Å². The standard InChI is InChI=1S/C20H31N3O3/c1-14(2)12-18(25)23-19(15(3)4)20(26)22-11-10-21-17(24)13-16-8-6-5-7-9-16/h5-9,14-15,19H,10-13H2,1-4H3,(H,21,24)(H,22,26)(H,23,25). The molecule has 1 rings (SSSR count). The van der Waals surface area contributed by atoms with Crippen molar-refractivity contribution in [2.45, 2.75) is 46.6 Å². The van der Waals surface area contributed by atoms with Crippen LogP contribution in [-0.4, -0.2) is 36.9 Å². The van der Waals surface area contributed by atoms with E-state index in [-0.39, 0.29) is 29.6 Å². The Morgan fingerprint density at radius 2 is 1.50 bits per heavy atom. The maximum atomic E-state index is 12.3. The Kier molecular flexibility index (Phi) is 9.41. The molecule has 0 aromatic heterocycles. The number of amides is 3. The average molecular weight is 361 g/mol. The van der Waals surface area contributed by atoms with Gasteiger partial charge in [0.1, 0.15) is 6.04 Å². The van der Waals surface area contributed by atoms with Crippen molar-refractivity contribution in [3.63, 3.8) is 0 Å². The molecule has 26 heavy (non-hydrogen) atoms. The number of hydrogen-bond acceptors (Lipinski definition) is 3. The predicted octanol–water partition coefficient (Wildman–Crippen LogP) is 1.65. The molecule has 0 aliphatic heterocycles. The molecule has 0 aliphatic rings. The molecule has 6 heteroatoms. The van der Waals surface area contributed by atoms with E-state index in [1.54, 1.807) is 0 Å². The Balaban J connectivity index is 2.34. The molecule has 0 bridgehead atoms. The van der Waals surface area contributed by atoms with E-state index < -0.39 is 6.04 Å². The van der Waals surface area contributed by atoms with Crippen LogP contribution in [0.15, 0.2) is 30.3 Å². The second kappa shape index (κ2) is 11.3. The largest absolute Gasteiger partial charge is 0.354 e. The molecule has 144 valence electrons. The van der Waals surface area contributed by atoms with Crippen LogP contribution in [0.5, 0.6) is 0 Å². The van der Waals surface area contributed by atoms with Crippen LogP contribution in [0.25, 0.3) is 0 Å². The van der Waals surface area contributed by atoms with Crippen LogP contribution in [0.4, 0.5) is 0 Å². The Labute approximate surface area is 156 Å². The Hall–Kier alpha value is -2.37. The fourth-order valence-electron chi connectivity index (χ4n) is 2.48. The van der Waals surface area contributed by atoms with Gasteiger partial charge < -0.3 is 16.0 Å². The first kappa shape index (κ1) is 21.7. The minimum Gasteiger partial charge on any atom is -0.354 e. The number of rotatable bonds is 10. The molecule has 0 radical (unpaired) electrons. The summed E-state index contributed by atoms with van der Waals surface area (Å²) >= 11 is 0. The summed E-state index contributed by atoms with van der Waals surface area (Å²) in [6, 6.07) is 8.91. The van der Waals surface area contributed by atoms with Crippen molar-refractivity contribution >= 4 is 17.7 Å². The smallest absolute Gasteiger partial charge is 0.242 e. The van der Waals surface area contributed by atoms with Crippen molar-refractivity contribution in [1.29, 1.82) is 0 Å². The molecule has 1 unspecified atom stereocenters. The summed E-state index contributed by atoms with van der Waals surface area (Å²) in [4.78, 5) is 36.1. The first-order chi connectivity index (χ1) is 12.3. The highest BCUT2D eigenvalue weighted by molar-refractivity contribution is 5.88. The summed E-state index contributed by atoms with van der Waals surface area (Å²) < 4.78 is 0. The molecule has 0 saturated carbocycles. The van der Waals surface area contributed by atoms with Crippen molar-refractivity contribution in [3.8, 4) is 0 Å². The molecule has 6 nitrogen and oxygen atoms in total. The van der Waals surface area contributed by atoms with Gasteiger partial charge in [-0.15, -0.1) is 0 Å². The first-order valence-electron chi connectivity index (χ1n) is 9.17. The van der Waals surface area contributed by atoms with E-state index in [1.165, 1.54) is 0 Å². The summed E-state index contributed by atoms with van der Waals surface area (Å²) in [5, 5.41) is 8.35. The van der Waals surface area contributed by atoms with Crippen molar-refractivity contribution in [2.75, 3.05) is 13.1 Å². The molecule has 0 spiro atoms. The van der Waals surface area contributed by atoms with E-state index in [0.29, 0.717) is 25.9 Å². The summed E-state index contributed by atoms with van der Waals surface area (Å²) in [6.07, 6.45) is 0.709. The van der Waals surface area contributed by atoms with Gasteiger partial charge in [-0.3, -0.25) is 14.4 Å². The second-order valence-corrected chi connectivity index (χ2v) is 7.19. The lowest BCUT2D eigenvalue weighted by Crippen LogP contribution is -2.51.